The minimum Gasteiger partial charge on any atom is -0.444 e. The summed E-state index contributed by atoms with van der Waals surface area (Å²) in [6.45, 7) is 16.6. The van der Waals surface area contributed by atoms with Gasteiger partial charge in [0.1, 0.15) is 5.60 Å². The quantitative estimate of drug-likeness (QED) is 0.373. The average Bonchev–Trinajstić information content (AvgIpc) is 2.99. The van der Waals surface area contributed by atoms with Crippen molar-refractivity contribution in [3.8, 4) is 0 Å². The third-order valence-electron chi connectivity index (χ3n) is 3.25. The van der Waals surface area contributed by atoms with Crippen LogP contribution in [-0.2, 0) is 16.7 Å². The molecule has 0 aromatic carbocycles. The fourth-order valence-corrected chi connectivity index (χ4v) is 2.92. The van der Waals surface area contributed by atoms with Gasteiger partial charge in [0.25, 0.3) is 0 Å². The molecule has 0 atom stereocenters. The third-order valence-corrected chi connectivity index (χ3v) is 4.57. The zero-order chi connectivity index (χ0) is 20.5. The lowest BCUT2D eigenvalue weighted by molar-refractivity contribution is 0.0527. The second-order valence-electron chi connectivity index (χ2n) is 8.30. The molecule has 1 amide bonds. The van der Waals surface area contributed by atoms with Crippen molar-refractivity contribution < 1.29 is 9.53 Å². The van der Waals surface area contributed by atoms with E-state index in [1.807, 2.05) is 27.7 Å². The molecule has 0 bridgehead atoms. The normalized spacial score (nSPS) is 12.6. The number of hydrogen-bond acceptors (Lipinski definition) is 5. The summed E-state index contributed by atoms with van der Waals surface area (Å²) in [5, 5.41) is 12.4. The molecule has 0 radical (unpaired) electrons. The van der Waals surface area contributed by atoms with Crippen molar-refractivity contribution in [2.45, 2.75) is 72.4 Å². The van der Waals surface area contributed by atoms with Crippen LogP contribution in [0.2, 0.25) is 0 Å². The molecule has 27 heavy (non-hydrogen) atoms. The van der Waals surface area contributed by atoms with Crippen LogP contribution in [-0.4, -0.2) is 42.3 Å². The van der Waals surface area contributed by atoms with Crippen LogP contribution in [0, 0.1) is 0 Å². The van der Waals surface area contributed by atoms with Gasteiger partial charge in [-0.15, -0.1) is 11.3 Å². The van der Waals surface area contributed by atoms with E-state index in [1.54, 1.807) is 11.3 Å². The molecule has 0 unspecified atom stereocenters. The van der Waals surface area contributed by atoms with Crippen molar-refractivity contribution in [2.24, 2.45) is 4.99 Å². The van der Waals surface area contributed by atoms with Crippen LogP contribution < -0.4 is 16.0 Å². The Hall–Kier alpha value is -1.83. The molecule has 3 N–H and O–H groups in total. The van der Waals surface area contributed by atoms with Crippen molar-refractivity contribution in [1.29, 1.82) is 0 Å². The largest absolute Gasteiger partial charge is 0.444 e. The van der Waals surface area contributed by atoms with Crippen molar-refractivity contribution in [2.75, 3.05) is 19.6 Å². The Bertz CT molecular complexity index is 614. The van der Waals surface area contributed by atoms with E-state index >= 15 is 0 Å². The van der Waals surface area contributed by atoms with Crippen LogP contribution in [0.25, 0.3) is 0 Å². The van der Waals surface area contributed by atoms with E-state index in [2.05, 4.69) is 52.1 Å². The summed E-state index contributed by atoms with van der Waals surface area (Å²) in [5.74, 6) is 0.750. The lowest BCUT2D eigenvalue weighted by Gasteiger charge is -2.19. The molecule has 1 aromatic heterocycles. The Morgan fingerprint density at radius 2 is 1.81 bits per heavy atom. The number of ether oxygens (including phenoxy) is 1. The zero-order valence-electron chi connectivity index (χ0n) is 17.7. The standard InChI is InChI=1S/C19H35N5O2S/c1-8-20-16(21-10-9-11-22-17(25)26-19(5,6)7)23-12-14-13-27-15(24-14)18(2,3)4/h13H,8-12H2,1-7H3,(H,22,25)(H2,20,21,23). The first-order valence-corrected chi connectivity index (χ1v) is 10.3. The highest BCUT2D eigenvalue weighted by atomic mass is 32.1. The molecular weight excluding hydrogens is 362 g/mol. The first kappa shape index (κ1) is 23.2. The number of rotatable bonds is 7. The minimum atomic E-state index is -0.476. The molecule has 154 valence electrons. The molecule has 0 saturated carbocycles. The predicted molar refractivity (Wildman–Crippen MR) is 112 cm³/mol. The summed E-state index contributed by atoms with van der Waals surface area (Å²) >= 11 is 1.68. The van der Waals surface area contributed by atoms with E-state index in [-0.39, 0.29) is 11.5 Å². The van der Waals surface area contributed by atoms with Crippen LogP contribution in [0.15, 0.2) is 10.4 Å². The molecule has 0 aliphatic carbocycles. The lowest BCUT2D eigenvalue weighted by atomic mass is 9.98. The highest BCUT2D eigenvalue weighted by molar-refractivity contribution is 7.09. The molecule has 1 aromatic rings. The predicted octanol–water partition coefficient (Wildman–Crippen LogP) is 3.41. The summed E-state index contributed by atoms with van der Waals surface area (Å²) in [7, 11) is 0. The van der Waals surface area contributed by atoms with Crippen molar-refractivity contribution in [3.63, 3.8) is 0 Å². The maximum absolute atomic E-state index is 11.6. The number of alkyl carbamates (subject to hydrolysis) is 1. The van der Waals surface area contributed by atoms with Gasteiger partial charge >= 0.3 is 6.09 Å². The Morgan fingerprint density at radius 3 is 2.37 bits per heavy atom. The Morgan fingerprint density at radius 1 is 1.15 bits per heavy atom. The molecule has 0 aliphatic heterocycles. The van der Waals surface area contributed by atoms with E-state index in [1.165, 1.54) is 0 Å². The Balaban J connectivity index is 2.39. The number of amides is 1. The van der Waals surface area contributed by atoms with Gasteiger partial charge in [-0.25, -0.2) is 14.8 Å². The highest BCUT2D eigenvalue weighted by Gasteiger charge is 2.18. The number of aromatic nitrogens is 1. The van der Waals surface area contributed by atoms with Crippen molar-refractivity contribution in [3.05, 3.63) is 16.1 Å². The van der Waals surface area contributed by atoms with Gasteiger partial charge < -0.3 is 20.7 Å². The molecule has 0 saturated heterocycles. The number of hydrogen-bond donors (Lipinski definition) is 3. The summed E-state index contributed by atoms with van der Waals surface area (Å²) in [6.07, 6.45) is 0.385. The maximum Gasteiger partial charge on any atom is 0.407 e. The van der Waals surface area contributed by atoms with Gasteiger partial charge in [-0.1, -0.05) is 20.8 Å². The highest BCUT2D eigenvalue weighted by Crippen LogP contribution is 2.25. The minimum absolute atomic E-state index is 0.0660. The molecule has 1 heterocycles. The molecular formula is C19H35N5O2S. The van der Waals surface area contributed by atoms with Gasteiger partial charge in [0.15, 0.2) is 5.96 Å². The van der Waals surface area contributed by atoms with Crippen LogP contribution in [0.5, 0.6) is 0 Å². The smallest absolute Gasteiger partial charge is 0.407 e. The fourth-order valence-electron chi connectivity index (χ4n) is 2.03. The van der Waals surface area contributed by atoms with Crippen LogP contribution in [0.4, 0.5) is 4.79 Å². The molecule has 0 fully saturated rings. The van der Waals surface area contributed by atoms with Crippen LogP contribution >= 0.6 is 11.3 Å². The number of aliphatic imine (C=N–C) groups is 1. The van der Waals surface area contributed by atoms with E-state index in [9.17, 15) is 4.79 Å². The average molecular weight is 398 g/mol. The van der Waals surface area contributed by atoms with E-state index in [0.717, 1.165) is 29.6 Å². The van der Waals surface area contributed by atoms with Gasteiger partial charge in [0.2, 0.25) is 0 Å². The monoisotopic (exact) mass is 397 g/mol. The van der Waals surface area contributed by atoms with Gasteiger partial charge in [-0.3, -0.25) is 0 Å². The van der Waals surface area contributed by atoms with E-state index < -0.39 is 5.60 Å². The number of carbonyl (C=O) groups excluding carboxylic acids is 1. The van der Waals surface area contributed by atoms with Gasteiger partial charge in [-0.2, -0.15) is 0 Å². The summed E-state index contributed by atoms with van der Waals surface area (Å²) < 4.78 is 5.20. The second kappa shape index (κ2) is 10.5. The van der Waals surface area contributed by atoms with Crippen molar-refractivity contribution in [1.82, 2.24) is 20.9 Å². The molecule has 1 rings (SSSR count). The summed E-state index contributed by atoms with van der Waals surface area (Å²) in [4.78, 5) is 20.8. The number of guanidine groups is 1. The van der Waals surface area contributed by atoms with Gasteiger partial charge in [-0.05, 0) is 34.1 Å². The summed E-state index contributed by atoms with van der Waals surface area (Å²) in [6, 6.07) is 0. The number of thiazole rings is 1. The van der Waals surface area contributed by atoms with Crippen LogP contribution in [0.1, 0.15) is 65.6 Å². The Kier molecular flexibility index (Phi) is 9.02. The molecule has 8 heteroatoms. The SMILES string of the molecule is CCNC(=NCc1csc(C(C)(C)C)n1)NCCCNC(=O)OC(C)(C)C. The van der Waals surface area contributed by atoms with E-state index in [0.29, 0.717) is 19.6 Å². The first-order valence-electron chi connectivity index (χ1n) is 9.45. The Labute approximate surface area is 167 Å². The number of nitrogens with zero attached hydrogens (tertiary/aromatic N) is 2. The summed E-state index contributed by atoms with van der Waals surface area (Å²) in [5.41, 5.74) is 0.570. The lowest BCUT2D eigenvalue weighted by Crippen LogP contribution is -2.39. The molecule has 7 nitrogen and oxygen atoms in total. The zero-order valence-corrected chi connectivity index (χ0v) is 18.5. The number of nitrogens with one attached hydrogen (secondary N) is 3. The van der Waals surface area contributed by atoms with Gasteiger partial charge in [0, 0.05) is 30.4 Å². The number of carbonyl (C=O) groups is 1. The molecule has 0 spiro atoms. The third kappa shape index (κ3) is 10.2. The molecule has 0 aliphatic rings. The maximum atomic E-state index is 11.6. The first-order chi connectivity index (χ1) is 12.5. The topological polar surface area (TPSA) is 87.6 Å². The van der Waals surface area contributed by atoms with Gasteiger partial charge in [0.05, 0.1) is 17.2 Å². The second-order valence-corrected chi connectivity index (χ2v) is 9.16. The fraction of sp³-hybridized carbons (Fsp3) is 0.737. The van der Waals surface area contributed by atoms with Crippen LogP contribution in [0.3, 0.4) is 0 Å². The van der Waals surface area contributed by atoms with Crippen molar-refractivity contribution >= 4 is 23.4 Å². The van der Waals surface area contributed by atoms with E-state index in [4.69, 9.17) is 4.74 Å².